The van der Waals surface area contributed by atoms with Gasteiger partial charge in [-0.2, -0.15) is 5.10 Å². The molecule has 0 aliphatic rings. The summed E-state index contributed by atoms with van der Waals surface area (Å²) < 4.78 is 0. The molecule has 0 spiro atoms. The van der Waals surface area contributed by atoms with Crippen molar-refractivity contribution in [2.45, 2.75) is 13.1 Å². The molecule has 0 saturated carbocycles. The summed E-state index contributed by atoms with van der Waals surface area (Å²) in [7, 11) is 0. The van der Waals surface area contributed by atoms with E-state index in [1.807, 2.05) is 36.7 Å². The van der Waals surface area contributed by atoms with Crippen molar-refractivity contribution in [1.82, 2.24) is 35.5 Å². The van der Waals surface area contributed by atoms with E-state index >= 15 is 0 Å². The van der Waals surface area contributed by atoms with E-state index in [1.165, 1.54) is 11.1 Å². The Kier molecular flexibility index (Phi) is 5.88. The molecule has 5 heterocycles. The first kappa shape index (κ1) is 23.0. The van der Waals surface area contributed by atoms with Gasteiger partial charge < -0.3 is 10.3 Å². The molecule has 3 N–H and O–H groups in total. The number of fused-ring (bicyclic) bond motifs is 2. The van der Waals surface area contributed by atoms with Crippen molar-refractivity contribution < 1.29 is 0 Å². The van der Waals surface area contributed by atoms with Crippen LogP contribution in [0.3, 0.4) is 0 Å². The van der Waals surface area contributed by atoms with Gasteiger partial charge in [-0.05, 0) is 47.5 Å². The quantitative estimate of drug-likeness (QED) is 0.228. The summed E-state index contributed by atoms with van der Waals surface area (Å²) in [4.78, 5) is 17.1. The van der Waals surface area contributed by atoms with Crippen LogP contribution in [0, 0.1) is 0 Å². The average Bonchev–Trinajstić information content (AvgIpc) is 3.62. The molecule has 2 aromatic carbocycles. The SMILES string of the molecule is c1ccc(CNCc2cccc(-c3cc4c(-c5cc6c(-c7ccncc7)nccc6[nH]5)n[nH]c4cn3)c2)cc1. The number of aromatic nitrogens is 6. The van der Waals surface area contributed by atoms with Gasteiger partial charge in [0.2, 0.25) is 0 Å². The number of H-pyrrole nitrogens is 2. The van der Waals surface area contributed by atoms with Crippen LogP contribution in [0.25, 0.3) is 55.7 Å². The number of nitrogens with one attached hydrogen (secondary N) is 3. The molecule has 5 aromatic heterocycles. The second-order valence-corrected chi connectivity index (χ2v) is 9.52. The third-order valence-corrected chi connectivity index (χ3v) is 6.93. The average molecular weight is 508 g/mol. The molecule has 7 nitrogen and oxygen atoms in total. The van der Waals surface area contributed by atoms with Crippen LogP contribution < -0.4 is 5.32 Å². The van der Waals surface area contributed by atoms with Crippen LogP contribution in [0.1, 0.15) is 11.1 Å². The van der Waals surface area contributed by atoms with Crippen molar-refractivity contribution in [2.24, 2.45) is 0 Å². The summed E-state index contributed by atoms with van der Waals surface area (Å²) in [6.07, 6.45) is 7.25. The minimum atomic E-state index is 0.783. The van der Waals surface area contributed by atoms with E-state index in [1.54, 1.807) is 12.4 Å². The van der Waals surface area contributed by atoms with Crippen LogP contribution in [-0.4, -0.2) is 30.1 Å². The van der Waals surface area contributed by atoms with Crippen LogP contribution in [0.15, 0.2) is 110 Å². The lowest BCUT2D eigenvalue weighted by Gasteiger charge is -2.08. The lowest BCUT2D eigenvalue weighted by atomic mass is 10.1. The molecule has 0 radical (unpaired) electrons. The molecule has 0 aliphatic carbocycles. The van der Waals surface area contributed by atoms with Crippen molar-refractivity contribution in [3.8, 4) is 33.9 Å². The summed E-state index contributed by atoms with van der Waals surface area (Å²) in [5, 5.41) is 13.4. The maximum absolute atomic E-state index is 4.73. The Morgan fingerprint density at radius 1 is 0.641 bits per heavy atom. The Labute approximate surface area is 225 Å². The van der Waals surface area contributed by atoms with Crippen molar-refractivity contribution in [2.75, 3.05) is 0 Å². The van der Waals surface area contributed by atoms with Crippen LogP contribution in [0.4, 0.5) is 0 Å². The van der Waals surface area contributed by atoms with E-state index < -0.39 is 0 Å². The van der Waals surface area contributed by atoms with Gasteiger partial charge in [0.05, 0.1) is 28.8 Å². The van der Waals surface area contributed by atoms with Crippen LogP contribution in [0.5, 0.6) is 0 Å². The van der Waals surface area contributed by atoms with E-state index in [-0.39, 0.29) is 0 Å². The van der Waals surface area contributed by atoms with Gasteiger partial charge in [-0.1, -0.05) is 48.5 Å². The molecule has 0 amide bonds. The zero-order chi connectivity index (χ0) is 26.0. The molecule has 7 rings (SSSR count). The Bertz CT molecular complexity index is 1890. The Morgan fingerprint density at radius 2 is 1.46 bits per heavy atom. The second kappa shape index (κ2) is 9.96. The van der Waals surface area contributed by atoms with E-state index in [0.717, 1.165) is 68.8 Å². The van der Waals surface area contributed by atoms with Gasteiger partial charge in [0.25, 0.3) is 0 Å². The minimum absolute atomic E-state index is 0.783. The molecule has 0 unspecified atom stereocenters. The highest BCUT2D eigenvalue weighted by Gasteiger charge is 2.15. The number of benzene rings is 2. The fourth-order valence-electron chi connectivity index (χ4n) is 4.99. The van der Waals surface area contributed by atoms with Gasteiger partial charge >= 0.3 is 0 Å². The lowest BCUT2D eigenvalue weighted by molar-refractivity contribution is 0.693. The van der Waals surface area contributed by atoms with Crippen LogP contribution in [0.2, 0.25) is 0 Å². The monoisotopic (exact) mass is 507 g/mol. The molecule has 0 bridgehead atoms. The summed E-state index contributed by atoms with van der Waals surface area (Å²) >= 11 is 0. The summed E-state index contributed by atoms with van der Waals surface area (Å²) in [6.45, 7) is 1.61. The number of aromatic amines is 2. The summed E-state index contributed by atoms with van der Waals surface area (Å²) in [5.41, 5.74) is 10.1. The van der Waals surface area contributed by atoms with Crippen molar-refractivity contribution in [1.29, 1.82) is 0 Å². The predicted molar refractivity (Wildman–Crippen MR) is 155 cm³/mol. The number of hydrogen-bond donors (Lipinski definition) is 3. The Hall–Kier alpha value is -5.14. The third kappa shape index (κ3) is 4.56. The van der Waals surface area contributed by atoms with Crippen molar-refractivity contribution in [3.63, 3.8) is 0 Å². The van der Waals surface area contributed by atoms with E-state index in [9.17, 15) is 0 Å². The molecule has 0 fully saturated rings. The molecular weight excluding hydrogens is 482 g/mol. The molecular formula is C32H25N7. The third-order valence-electron chi connectivity index (χ3n) is 6.93. The topological polar surface area (TPSA) is 95.2 Å². The van der Waals surface area contributed by atoms with Gasteiger partial charge in [-0.15, -0.1) is 0 Å². The molecule has 188 valence electrons. The zero-order valence-corrected chi connectivity index (χ0v) is 21.1. The predicted octanol–water partition coefficient (Wildman–Crippen LogP) is 6.52. The maximum Gasteiger partial charge on any atom is 0.116 e. The summed E-state index contributed by atoms with van der Waals surface area (Å²) in [6, 6.07) is 29.1. The molecule has 7 heteroatoms. The van der Waals surface area contributed by atoms with E-state index in [2.05, 4.69) is 91.1 Å². The first-order valence-corrected chi connectivity index (χ1v) is 12.9. The highest BCUT2D eigenvalue weighted by molar-refractivity contribution is 6.00. The minimum Gasteiger partial charge on any atom is -0.353 e. The number of rotatable bonds is 7. The first-order valence-electron chi connectivity index (χ1n) is 12.9. The second-order valence-electron chi connectivity index (χ2n) is 9.52. The van der Waals surface area contributed by atoms with Gasteiger partial charge in [-0.3, -0.25) is 20.1 Å². The van der Waals surface area contributed by atoms with Crippen molar-refractivity contribution >= 4 is 21.8 Å². The molecule has 39 heavy (non-hydrogen) atoms. The van der Waals surface area contributed by atoms with Gasteiger partial charge in [-0.25, -0.2) is 0 Å². The Balaban J connectivity index is 1.20. The lowest BCUT2D eigenvalue weighted by Crippen LogP contribution is -2.12. The van der Waals surface area contributed by atoms with Crippen LogP contribution in [-0.2, 0) is 13.1 Å². The fraction of sp³-hybridized carbons (Fsp3) is 0.0625. The number of pyridine rings is 3. The highest BCUT2D eigenvalue weighted by atomic mass is 15.1. The smallest absolute Gasteiger partial charge is 0.116 e. The molecule has 0 atom stereocenters. The normalized spacial score (nSPS) is 11.4. The summed E-state index contributed by atoms with van der Waals surface area (Å²) in [5.74, 6) is 0. The Morgan fingerprint density at radius 3 is 2.36 bits per heavy atom. The zero-order valence-electron chi connectivity index (χ0n) is 21.1. The highest BCUT2D eigenvalue weighted by Crippen LogP contribution is 2.33. The first-order chi connectivity index (χ1) is 19.3. The molecule has 7 aromatic rings. The molecule has 0 saturated heterocycles. The fourth-order valence-corrected chi connectivity index (χ4v) is 4.99. The largest absolute Gasteiger partial charge is 0.353 e. The van der Waals surface area contributed by atoms with Gasteiger partial charge in [0.1, 0.15) is 5.69 Å². The van der Waals surface area contributed by atoms with Crippen LogP contribution >= 0.6 is 0 Å². The van der Waals surface area contributed by atoms with E-state index in [4.69, 9.17) is 4.98 Å². The standard InChI is InChI=1S/C32H25N7/c1-2-5-21(6-3-1)18-34-19-22-7-4-8-24(15-22)28-16-26-30(20-36-28)38-39-32(26)29-17-25-27(37-29)11-14-35-31(25)23-9-12-33-13-10-23/h1-17,20,34,37H,18-19H2,(H,38,39). The van der Waals surface area contributed by atoms with Gasteiger partial charge in [0, 0.05) is 59.1 Å². The van der Waals surface area contributed by atoms with Crippen molar-refractivity contribution in [3.05, 3.63) is 121 Å². The maximum atomic E-state index is 4.73. The number of nitrogens with zero attached hydrogens (tertiary/aromatic N) is 4. The van der Waals surface area contributed by atoms with E-state index in [0.29, 0.717) is 0 Å². The van der Waals surface area contributed by atoms with Gasteiger partial charge in [0.15, 0.2) is 0 Å². The number of hydrogen-bond acceptors (Lipinski definition) is 5. The molecule has 0 aliphatic heterocycles.